The SMILES string of the molecule is CCC1CCC(CN)(N2CCC(C(C)(C)C)C2)CC1. The molecule has 0 aromatic rings. The standard InChI is InChI=1S/C17H34N2/c1-5-14-6-9-17(13-18,10-7-14)19-11-8-15(12-19)16(2,3)4/h14-15H,5-13,18H2,1-4H3. The Morgan fingerprint density at radius 1 is 1.16 bits per heavy atom. The molecule has 2 nitrogen and oxygen atoms in total. The molecule has 1 heterocycles. The van der Waals surface area contributed by atoms with Crippen molar-refractivity contribution < 1.29 is 0 Å². The molecule has 0 bridgehead atoms. The van der Waals surface area contributed by atoms with Crippen molar-refractivity contribution in [2.24, 2.45) is 23.0 Å². The lowest BCUT2D eigenvalue weighted by molar-refractivity contribution is 0.0533. The predicted octanol–water partition coefficient (Wildman–Crippen LogP) is 3.65. The van der Waals surface area contributed by atoms with Crippen LogP contribution in [0.1, 0.15) is 66.2 Å². The lowest BCUT2D eigenvalue weighted by Gasteiger charge is -2.46. The van der Waals surface area contributed by atoms with Crippen molar-refractivity contribution in [3.05, 3.63) is 0 Å². The Bertz CT molecular complexity index is 284. The summed E-state index contributed by atoms with van der Waals surface area (Å²) < 4.78 is 0. The minimum absolute atomic E-state index is 0.339. The summed E-state index contributed by atoms with van der Waals surface area (Å²) in [4.78, 5) is 2.76. The highest BCUT2D eigenvalue weighted by atomic mass is 15.2. The summed E-state index contributed by atoms with van der Waals surface area (Å²) in [6.45, 7) is 12.9. The fraction of sp³-hybridized carbons (Fsp3) is 1.00. The molecule has 2 N–H and O–H groups in total. The van der Waals surface area contributed by atoms with E-state index in [4.69, 9.17) is 5.73 Å². The number of nitrogens with two attached hydrogens (primary N) is 1. The molecule has 1 saturated heterocycles. The van der Waals surface area contributed by atoms with Crippen LogP contribution in [0.25, 0.3) is 0 Å². The van der Waals surface area contributed by atoms with Crippen LogP contribution in [0.15, 0.2) is 0 Å². The van der Waals surface area contributed by atoms with Gasteiger partial charge in [0.15, 0.2) is 0 Å². The van der Waals surface area contributed by atoms with E-state index in [1.165, 1.54) is 51.6 Å². The van der Waals surface area contributed by atoms with Crippen molar-refractivity contribution in [1.29, 1.82) is 0 Å². The van der Waals surface area contributed by atoms with Gasteiger partial charge in [-0.1, -0.05) is 34.1 Å². The summed E-state index contributed by atoms with van der Waals surface area (Å²) in [7, 11) is 0. The van der Waals surface area contributed by atoms with Gasteiger partial charge in [-0.25, -0.2) is 0 Å². The molecular formula is C17H34N2. The van der Waals surface area contributed by atoms with Gasteiger partial charge in [0.05, 0.1) is 0 Å². The highest BCUT2D eigenvalue weighted by Crippen LogP contribution is 2.42. The third kappa shape index (κ3) is 3.16. The van der Waals surface area contributed by atoms with Crippen molar-refractivity contribution in [3.63, 3.8) is 0 Å². The normalized spacial score (nSPS) is 37.7. The average molecular weight is 266 g/mol. The molecule has 1 saturated carbocycles. The second-order valence-corrected chi connectivity index (χ2v) is 8.08. The zero-order valence-electron chi connectivity index (χ0n) is 13.5. The number of hydrogen-bond donors (Lipinski definition) is 1. The third-order valence-corrected chi connectivity index (χ3v) is 6.08. The maximum absolute atomic E-state index is 6.22. The van der Waals surface area contributed by atoms with Crippen LogP contribution in [-0.4, -0.2) is 30.1 Å². The van der Waals surface area contributed by atoms with E-state index < -0.39 is 0 Å². The molecule has 0 spiro atoms. The molecule has 2 fully saturated rings. The first-order valence-corrected chi connectivity index (χ1v) is 8.36. The van der Waals surface area contributed by atoms with Crippen LogP contribution in [0.5, 0.6) is 0 Å². The molecule has 0 amide bonds. The van der Waals surface area contributed by atoms with Crippen LogP contribution in [0.2, 0.25) is 0 Å². The highest BCUT2D eigenvalue weighted by molar-refractivity contribution is 4.99. The molecule has 112 valence electrons. The van der Waals surface area contributed by atoms with Gasteiger partial charge in [-0.2, -0.15) is 0 Å². The van der Waals surface area contributed by atoms with Gasteiger partial charge in [-0.05, 0) is 55.9 Å². The van der Waals surface area contributed by atoms with E-state index in [1.807, 2.05) is 0 Å². The second-order valence-electron chi connectivity index (χ2n) is 8.08. The smallest absolute Gasteiger partial charge is 0.0332 e. The molecule has 1 aliphatic carbocycles. The van der Waals surface area contributed by atoms with Crippen LogP contribution < -0.4 is 5.73 Å². The fourth-order valence-corrected chi connectivity index (χ4v) is 4.17. The van der Waals surface area contributed by atoms with E-state index in [9.17, 15) is 0 Å². The Morgan fingerprint density at radius 2 is 1.79 bits per heavy atom. The maximum atomic E-state index is 6.22. The molecule has 2 heteroatoms. The van der Waals surface area contributed by atoms with Crippen molar-refractivity contribution in [2.75, 3.05) is 19.6 Å². The molecule has 1 atom stereocenters. The van der Waals surface area contributed by atoms with E-state index in [2.05, 4.69) is 32.6 Å². The van der Waals surface area contributed by atoms with Gasteiger partial charge < -0.3 is 5.73 Å². The van der Waals surface area contributed by atoms with Crippen molar-refractivity contribution in [1.82, 2.24) is 4.90 Å². The summed E-state index contributed by atoms with van der Waals surface area (Å²) in [6.07, 6.45) is 8.17. The highest BCUT2D eigenvalue weighted by Gasteiger charge is 2.43. The summed E-state index contributed by atoms with van der Waals surface area (Å²) in [5.41, 5.74) is 7.01. The van der Waals surface area contributed by atoms with Crippen LogP contribution in [0.4, 0.5) is 0 Å². The topological polar surface area (TPSA) is 29.3 Å². The molecular weight excluding hydrogens is 232 g/mol. The first kappa shape index (κ1) is 15.3. The molecule has 2 rings (SSSR count). The molecule has 1 unspecified atom stereocenters. The van der Waals surface area contributed by atoms with Gasteiger partial charge in [0.2, 0.25) is 0 Å². The molecule has 19 heavy (non-hydrogen) atoms. The summed E-state index contributed by atoms with van der Waals surface area (Å²) in [6, 6.07) is 0. The van der Waals surface area contributed by atoms with E-state index in [0.29, 0.717) is 11.0 Å². The van der Waals surface area contributed by atoms with Gasteiger partial charge in [0.25, 0.3) is 0 Å². The summed E-state index contributed by atoms with van der Waals surface area (Å²) in [5, 5.41) is 0. The average Bonchev–Trinajstić information content (AvgIpc) is 2.89. The maximum Gasteiger partial charge on any atom is 0.0332 e. The van der Waals surface area contributed by atoms with Crippen molar-refractivity contribution in [2.45, 2.75) is 71.8 Å². The van der Waals surface area contributed by atoms with Gasteiger partial charge in [0, 0.05) is 18.6 Å². The van der Waals surface area contributed by atoms with Gasteiger partial charge in [0.1, 0.15) is 0 Å². The summed E-state index contributed by atoms with van der Waals surface area (Å²) >= 11 is 0. The molecule has 1 aliphatic heterocycles. The Kier molecular flexibility index (Phi) is 4.62. The first-order valence-electron chi connectivity index (χ1n) is 8.36. The van der Waals surface area contributed by atoms with Crippen LogP contribution >= 0.6 is 0 Å². The van der Waals surface area contributed by atoms with Crippen molar-refractivity contribution in [3.8, 4) is 0 Å². The van der Waals surface area contributed by atoms with E-state index in [1.54, 1.807) is 0 Å². The van der Waals surface area contributed by atoms with Gasteiger partial charge in [-0.15, -0.1) is 0 Å². The quantitative estimate of drug-likeness (QED) is 0.845. The Balaban J connectivity index is 2.00. The number of likely N-dealkylation sites (tertiary alicyclic amines) is 1. The molecule has 0 aromatic heterocycles. The van der Waals surface area contributed by atoms with Crippen LogP contribution in [-0.2, 0) is 0 Å². The minimum atomic E-state index is 0.339. The fourth-order valence-electron chi connectivity index (χ4n) is 4.17. The summed E-state index contributed by atoms with van der Waals surface area (Å²) in [5.74, 6) is 1.81. The molecule has 2 aliphatic rings. The van der Waals surface area contributed by atoms with Crippen LogP contribution in [0.3, 0.4) is 0 Å². The number of hydrogen-bond acceptors (Lipinski definition) is 2. The monoisotopic (exact) mass is 266 g/mol. The second kappa shape index (κ2) is 5.73. The number of rotatable bonds is 3. The minimum Gasteiger partial charge on any atom is -0.329 e. The predicted molar refractivity (Wildman–Crippen MR) is 83.2 cm³/mol. The Hall–Kier alpha value is -0.0800. The van der Waals surface area contributed by atoms with E-state index in [-0.39, 0.29) is 0 Å². The number of nitrogens with zero attached hydrogens (tertiary/aromatic N) is 1. The first-order chi connectivity index (χ1) is 8.91. The zero-order valence-corrected chi connectivity index (χ0v) is 13.5. The van der Waals surface area contributed by atoms with Crippen molar-refractivity contribution >= 4 is 0 Å². The largest absolute Gasteiger partial charge is 0.329 e. The molecule has 0 aromatic carbocycles. The lowest BCUT2D eigenvalue weighted by Crippen LogP contribution is -2.55. The Labute approximate surface area is 120 Å². The van der Waals surface area contributed by atoms with Gasteiger partial charge in [-0.3, -0.25) is 4.90 Å². The van der Waals surface area contributed by atoms with E-state index >= 15 is 0 Å². The third-order valence-electron chi connectivity index (χ3n) is 6.08. The zero-order chi connectivity index (χ0) is 14.1. The Morgan fingerprint density at radius 3 is 2.21 bits per heavy atom. The lowest BCUT2D eigenvalue weighted by atomic mass is 9.74. The molecule has 0 radical (unpaired) electrons. The van der Waals surface area contributed by atoms with E-state index in [0.717, 1.165) is 18.4 Å². The van der Waals surface area contributed by atoms with Crippen LogP contribution in [0, 0.1) is 17.3 Å². The van der Waals surface area contributed by atoms with Gasteiger partial charge >= 0.3 is 0 Å².